The van der Waals surface area contributed by atoms with E-state index in [9.17, 15) is 0 Å². The van der Waals surface area contributed by atoms with Gasteiger partial charge in [0.1, 0.15) is 0 Å². The molecule has 1 aliphatic heterocycles. The lowest BCUT2D eigenvalue weighted by molar-refractivity contribution is 0.184. The number of ether oxygens (including phenoxy) is 1. The molecule has 0 aromatic heterocycles. The average Bonchev–Trinajstić information content (AvgIpc) is 2.64. The van der Waals surface area contributed by atoms with Crippen molar-refractivity contribution in [2.75, 3.05) is 6.61 Å². The van der Waals surface area contributed by atoms with E-state index < -0.39 is 0 Å². The summed E-state index contributed by atoms with van der Waals surface area (Å²) in [6, 6.07) is 0. The fourth-order valence-electron chi connectivity index (χ4n) is 1.74. The van der Waals surface area contributed by atoms with Crippen LogP contribution >= 0.6 is 0 Å². The van der Waals surface area contributed by atoms with E-state index in [1.807, 2.05) is 0 Å². The van der Waals surface area contributed by atoms with Gasteiger partial charge < -0.3 is 9.84 Å². The summed E-state index contributed by atoms with van der Waals surface area (Å²) in [5.41, 5.74) is 0. The van der Waals surface area contributed by atoms with Crippen LogP contribution < -0.4 is 0 Å². The van der Waals surface area contributed by atoms with Gasteiger partial charge in [-0.05, 0) is 12.8 Å². The van der Waals surface area contributed by atoms with Crippen LogP contribution in [0.5, 0.6) is 0 Å². The largest absolute Gasteiger partial charge is 0.396 e. The highest BCUT2D eigenvalue weighted by atomic mass is 16.6. The molecule has 1 saturated heterocycles. The van der Waals surface area contributed by atoms with Crippen molar-refractivity contribution in [3.8, 4) is 0 Å². The van der Waals surface area contributed by atoms with Gasteiger partial charge >= 0.3 is 0 Å². The lowest BCUT2D eigenvalue weighted by Gasteiger charge is -2.14. The molecule has 9 heavy (non-hydrogen) atoms. The Hall–Kier alpha value is -0.0800. The van der Waals surface area contributed by atoms with Crippen LogP contribution in [0.15, 0.2) is 0 Å². The molecule has 0 radical (unpaired) electrons. The number of hydrogen-bond donors (Lipinski definition) is 1. The topological polar surface area (TPSA) is 32.8 Å². The van der Waals surface area contributed by atoms with E-state index in [-0.39, 0.29) is 0 Å². The van der Waals surface area contributed by atoms with Gasteiger partial charge in [0.05, 0.1) is 12.2 Å². The second-order valence-corrected chi connectivity index (χ2v) is 3.01. The highest BCUT2D eigenvalue weighted by Gasteiger charge is 2.46. The minimum absolute atomic E-state index is 0.321. The van der Waals surface area contributed by atoms with Gasteiger partial charge in [0, 0.05) is 12.5 Å². The SMILES string of the molecule is OCC1CCC[C@H]2O[C@@H]12. The van der Waals surface area contributed by atoms with Crippen molar-refractivity contribution in [1.29, 1.82) is 0 Å². The Balaban J connectivity index is 1.93. The van der Waals surface area contributed by atoms with Gasteiger partial charge in [0.15, 0.2) is 0 Å². The van der Waals surface area contributed by atoms with Gasteiger partial charge in [-0.15, -0.1) is 0 Å². The van der Waals surface area contributed by atoms with E-state index in [1.54, 1.807) is 0 Å². The Morgan fingerprint density at radius 2 is 2.33 bits per heavy atom. The predicted molar refractivity (Wildman–Crippen MR) is 33.1 cm³/mol. The van der Waals surface area contributed by atoms with Crippen LogP contribution in [0, 0.1) is 5.92 Å². The lowest BCUT2D eigenvalue weighted by Crippen LogP contribution is -2.19. The van der Waals surface area contributed by atoms with Gasteiger partial charge in [-0.2, -0.15) is 0 Å². The molecule has 0 bridgehead atoms. The van der Waals surface area contributed by atoms with Gasteiger partial charge in [0.25, 0.3) is 0 Å². The fraction of sp³-hybridized carbons (Fsp3) is 1.00. The van der Waals surface area contributed by atoms with Crippen LogP contribution in [0.1, 0.15) is 19.3 Å². The Morgan fingerprint density at radius 1 is 1.44 bits per heavy atom. The van der Waals surface area contributed by atoms with E-state index in [2.05, 4.69) is 0 Å². The Morgan fingerprint density at radius 3 is 3.00 bits per heavy atom. The van der Waals surface area contributed by atoms with Crippen molar-refractivity contribution in [3.05, 3.63) is 0 Å². The quantitative estimate of drug-likeness (QED) is 0.523. The third kappa shape index (κ3) is 0.864. The minimum atomic E-state index is 0.321. The van der Waals surface area contributed by atoms with Crippen molar-refractivity contribution < 1.29 is 9.84 Å². The van der Waals surface area contributed by atoms with Crippen LogP contribution in [0.3, 0.4) is 0 Å². The highest BCUT2D eigenvalue weighted by Crippen LogP contribution is 2.40. The molecule has 2 fully saturated rings. The molecule has 2 nitrogen and oxygen atoms in total. The first-order chi connectivity index (χ1) is 4.42. The summed E-state index contributed by atoms with van der Waals surface area (Å²) in [4.78, 5) is 0. The molecule has 1 aliphatic carbocycles. The molecule has 2 rings (SSSR count). The van der Waals surface area contributed by atoms with Gasteiger partial charge in [-0.25, -0.2) is 0 Å². The van der Waals surface area contributed by atoms with Crippen LogP contribution in [0.4, 0.5) is 0 Å². The van der Waals surface area contributed by atoms with Gasteiger partial charge in [0.2, 0.25) is 0 Å². The van der Waals surface area contributed by atoms with Crippen LogP contribution in [0.2, 0.25) is 0 Å². The van der Waals surface area contributed by atoms with Crippen molar-refractivity contribution >= 4 is 0 Å². The van der Waals surface area contributed by atoms with Crippen molar-refractivity contribution in [1.82, 2.24) is 0 Å². The van der Waals surface area contributed by atoms with Crippen molar-refractivity contribution in [2.45, 2.75) is 31.5 Å². The number of aliphatic hydroxyl groups is 1. The first kappa shape index (κ1) is 5.69. The van der Waals surface area contributed by atoms with E-state index >= 15 is 0 Å². The zero-order chi connectivity index (χ0) is 6.27. The monoisotopic (exact) mass is 128 g/mol. The smallest absolute Gasteiger partial charge is 0.0891 e. The van der Waals surface area contributed by atoms with Crippen molar-refractivity contribution in [3.63, 3.8) is 0 Å². The molecule has 1 N–H and O–H groups in total. The summed E-state index contributed by atoms with van der Waals surface area (Å²) in [6.07, 6.45) is 4.59. The van der Waals surface area contributed by atoms with Crippen LogP contribution in [-0.4, -0.2) is 23.9 Å². The third-order valence-electron chi connectivity index (χ3n) is 2.38. The normalized spacial score (nSPS) is 48.3. The second-order valence-electron chi connectivity index (χ2n) is 3.01. The summed E-state index contributed by atoms with van der Waals surface area (Å²) in [6.45, 7) is 0.321. The summed E-state index contributed by atoms with van der Waals surface area (Å²) >= 11 is 0. The Kier molecular flexibility index (Phi) is 1.24. The third-order valence-corrected chi connectivity index (χ3v) is 2.38. The number of fused-ring (bicyclic) bond motifs is 1. The maximum atomic E-state index is 8.81. The number of hydrogen-bond acceptors (Lipinski definition) is 2. The molecule has 0 amide bonds. The molecule has 0 aromatic rings. The van der Waals surface area contributed by atoms with E-state index in [1.165, 1.54) is 12.8 Å². The molecular weight excluding hydrogens is 116 g/mol. The van der Waals surface area contributed by atoms with E-state index in [0.29, 0.717) is 24.7 Å². The molecule has 2 heteroatoms. The predicted octanol–water partition coefficient (Wildman–Crippen LogP) is 0.546. The number of aliphatic hydroxyl groups excluding tert-OH is 1. The summed E-state index contributed by atoms with van der Waals surface area (Å²) in [5.74, 6) is 0.462. The Bertz CT molecular complexity index is 113. The van der Waals surface area contributed by atoms with Crippen LogP contribution in [0.25, 0.3) is 0 Å². The molecule has 0 spiro atoms. The molecule has 0 aromatic carbocycles. The minimum Gasteiger partial charge on any atom is -0.396 e. The number of rotatable bonds is 1. The molecule has 52 valence electrons. The first-order valence-corrected chi connectivity index (χ1v) is 3.68. The maximum Gasteiger partial charge on any atom is 0.0891 e. The lowest BCUT2D eigenvalue weighted by atomic mass is 9.90. The fourth-order valence-corrected chi connectivity index (χ4v) is 1.74. The zero-order valence-electron chi connectivity index (χ0n) is 5.42. The zero-order valence-corrected chi connectivity index (χ0v) is 5.42. The van der Waals surface area contributed by atoms with E-state index in [0.717, 1.165) is 6.42 Å². The molecule has 2 aliphatic rings. The second kappa shape index (κ2) is 1.96. The molecule has 1 heterocycles. The highest BCUT2D eigenvalue weighted by molar-refractivity contribution is 4.93. The summed E-state index contributed by atoms with van der Waals surface area (Å²) in [7, 11) is 0. The standard InChI is InChI=1S/C7H12O2/c8-4-5-2-1-3-6-7(5)9-6/h5-8H,1-4H2/t5?,6-,7+/m1/s1. The summed E-state index contributed by atoms with van der Waals surface area (Å²) in [5, 5.41) is 8.81. The molecule has 3 atom stereocenters. The van der Waals surface area contributed by atoms with Crippen LogP contribution in [-0.2, 0) is 4.74 Å². The van der Waals surface area contributed by atoms with Gasteiger partial charge in [-0.1, -0.05) is 6.42 Å². The molecule has 1 unspecified atom stereocenters. The number of epoxide rings is 1. The molecular formula is C7H12O2. The average molecular weight is 128 g/mol. The van der Waals surface area contributed by atoms with E-state index in [4.69, 9.17) is 9.84 Å². The maximum absolute atomic E-state index is 8.81. The Labute approximate surface area is 54.8 Å². The first-order valence-electron chi connectivity index (χ1n) is 3.68. The molecule has 1 saturated carbocycles. The summed E-state index contributed by atoms with van der Waals surface area (Å²) < 4.78 is 5.32. The van der Waals surface area contributed by atoms with Crippen molar-refractivity contribution in [2.24, 2.45) is 5.92 Å². The van der Waals surface area contributed by atoms with Gasteiger partial charge in [-0.3, -0.25) is 0 Å².